The van der Waals surface area contributed by atoms with Crippen molar-refractivity contribution < 1.29 is 5.11 Å². The molecule has 4 rings (SSSR count). The van der Waals surface area contributed by atoms with Gasteiger partial charge in [-0.3, -0.25) is 0 Å². The van der Waals surface area contributed by atoms with E-state index in [0.29, 0.717) is 12.1 Å². The lowest BCUT2D eigenvalue weighted by molar-refractivity contribution is 0.158. The third kappa shape index (κ3) is 2.91. The number of hydrogen-bond acceptors (Lipinski definition) is 5. The smallest absolute Gasteiger partial charge is 0.160 e. The van der Waals surface area contributed by atoms with Crippen molar-refractivity contribution >= 4 is 22.4 Å². The molecule has 0 saturated heterocycles. The molecule has 0 fully saturated rings. The van der Waals surface area contributed by atoms with E-state index in [-0.39, 0.29) is 0 Å². The first-order chi connectivity index (χ1) is 12.3. The molecule has 2 aromatic carbocycles. The standard InChI is InChI=1S/C19H14N4OS/c20-9-13-5-7-14(8-6-13)18(24)10-23-17-4-2-1-3-15(17)22-19(23)16-11-25-12-21-16/h1-8,11-12,18,24H,10H2. The highest BCUT2D eigenvalue weighted by atomic mass is 32.1. The third-order valence-electron chi connectivity index (χ3n) is 4.10. The minimum absolute atomic E-state index is 0.360. The van der Waals surface area contributed by atoms with Gasteiger partial charge in [0.2, 0.25) is 0 Å². The second-order valence-corrected chi connectivity index (χ2v) is 6.38. The number of para-hydroxylation sites is 2. The van der Waals surface area contributed by atoms with Crippen LogP contribution in [0.15, 0.2) is 59.4 Å². The predicted molar refractivity (Wildman–Crippen MR) is 97.0 cm³/mol. The Kier molecular flexibility index (Phi) is 4.02. The number of nitrogens with zero attached hydrogens (tertiary/aromatic N) is 4. The molecule has 6 heteroatoms. The number of aliphatic hydroxyl groups excluding tert-OH is 1. The van der Waals surface area contributed by atoms with Crippen molar-refractivity contribution in [1.82, 2.24) is 14.5 Å². The van der Waals surface area contributed by atoms with Crippen LogP contribution in [0.2, 0.25) is 0 Å². The van der Waals surface area contributed by atoms with E-state index in [2.05, 4.69) is 16.0 Å². The van der Waals surface area contributed by atoms with E-state index in [4.69, 9.17) is 5.26 Å². The van der Waals surface area contributed by atoms with Gasteiger partial charge in [-0.2, -0.15) is 5.26 Å². The fourth-order valence-corrected chi connectivity index (χ4v) is 3.37. The molecule has 0 amide bonds. The normalized spacial score (nSPS) is 12.2. The van der Waals surface area contributed by atoms with Gasteiger partial charge in [0.1, 0.15) is 5.69 Å². The van der Waals surface area contributed by atoms with E-state index in [0.717, 1.165) is 28.1 Å². The number of imidazole rings is 1. The molecule has 1 N–H and O–H groups in total. The van der Waals surface area contributed by atoms with Gasteiger partial charge in [0, 0.05) is 5.38 Å². The van der Waals surface area contributed by atoms with Gasteiger partial charge in [-0.05, 0) is 29.8 Å². The van der Waals surface area contributed by atoms with Gasteiger partial charge in [-0.1, -0.05) is 24.3 Å². The Morgan fingerprint density at radius 2 is 1.96 bits per heavy atom. The van der Waals surface area contributed by atoms with Crippen molar-refractivity contribution in [2.24, 2.45) is 0 Å². The van der Waals surface area contributed by atoms with Crippen LogP contribution in [-0.4, -0.2) is 19.6 Å². The molecule has 1 unspecified atom stereocenters. The molecule has 0 bridgehead atoms. The van der Waals surface area contributed by atoms with Crippen LogP contribution in [0.3, 0.4) is 0 Å². The first kappa shape index (κ1) is 15.5. The monoisotopic (exact) mass is 346 g/mol. The van der Waals surface area contributed by atoms with E-state index in [9.17, 15) is 5.11 Å². The Bertz CT molecular complexity index is 1050. The second kappa shape index (κ2) is 6.48. The van der Waals surface area contributed by atoms with Crippen LogP contribution < -0.4 is 0 Å². The van der Waals surface area contributed by atoms with E-state index in [1.54, 1.807) is 29.8 Å². The number of fused-ring (bicyclic) bond motifs is 1. The first-order valence-corrected chi connectivity index (χ1v) is 8.72. The first-order valence-electron chi connectivity index (χ1n) is 7.78. The van der Waals surface area contributed by atoms with Crippen molar-refractivity contribution in [2.45, 2.75) is 12.6 Å². The molecule has 25 heavy (non-hydrogen) atoms. The summed E-state index contributed by atoms with van der Waals surface area (Å²) in [5, 5.41) is 21.5. The number of hydrogen-bond donors (Lipinski definition) is 1. The summed E-state index contributed by atoms with van der Waals surface area (Å²) < 4.78 is 1.99. The fraction of sp³-hybridized carbons (Fsp3) is 0.105. The highest BCUT2D eigenvalue weighted by Gasteiger charge is 2.17. The molecular weight excluding hydrogens is 332 g/mol. The van der Waals surface area contributed by atoms with Crippen LogP contribution in [0.1, 0.15) is 17.2 Å². The lowest BCUT2D eigenvalue weighted by atomic mass is 10.1. The fourth-order valence-electron chi connectivity index (χ4n) is 2.84. The van der Waals surface area contributed by atoms with Crippen LogP contribution in [0, 0.1) is 11.3 Å². The second-order valence-electron chi connectivity index (χ2n) is 5.66. The summed E-state index contributed by atoms with van der Waals surface area (Å²) in [5.74, 6) is 0.746. The highest BCUT2D eigenvalue weighted by Crippen LogP contribution is 2.27. The molecule has 0 spiro atoms. The average Bonchev–Trinajstić information content (AvgIpc) is 3.30. The Morgan fingerprint density at radius 3 is 2.68 bits per heavy atom. The van der Waals surface area contributed by atoms with Crippen molar-refractivity contribution in [3.63, 3.8) is 0 Å². The summed E-state index contributed by atoms with van der Waals surface area (Å²) in [6.07, 6.45) is -0.706. The summed E-state index contributed by atoms with van der Waals surface area (Å²) in [6, 6.07) is 16.9. The van der Waals surface area contributed by atoms with Crippen LogP contribution in [-0.2, 0) is 6.54 Å². The molecule has 122 valence electrons. The minimum atomic E-state index is -0.706. The molecule has 0 saturated carbocycles. The Hall–Kier alpha value is -3.01. The maximum absolute atomic E-state index is 10.7. The van der Waals surface area contributed by atoms with Crippen LogP contribution in [0.4, 0.5) is 0 Å². The van der Waals surface area contributed by atoms with Crippen LogP contribution >= 0.6 is 11.3 Å². The molecule has 4 aromatic rings. The molecule has 0 aliphatic carbocycles. The molecule has 0 radical (unpaired) electrons. The molecule has 0 aliphatic heterocycles. The molecule has 2 heterocycles. The Balaban J connectivity index is 1.75. The van der Waals surface area contributed by atoms with Gasteiger partial charge in [0.15, 0.2) is 5.82 Å². The van der Waals surface area contributed by atoms with Gasteiger partial charge in [-0.25, -0.2) is 9.97 Å². The molecule has 0 aliphatic rings. The van der Waals surface area contributed by atoms with Crippen molar-refractivity contribution in [2.75, 3.05) is 0 Å². The number of thiazole rings is 1. The summed E-state index contributed by atoms with van der Waals surface area (Å²) in [6.45, 7) is 0.360. The van der Waals surface area contributed by atoms with Gasteiger partial charge < -0.3 is 9.67 Å². The predicted octanol–water partition coefficient (Wildman–Crippen LogP) is 3.77. The maximum atomic E-state index is 10.7. The van der Waals surface area contributed by atoms with Gasteiger partial charge >= 0.3 is 0 Å². The van der Waals surface area contributed by atoms with Crippen molar-refractivity contribution in [3.8, 4) is 17.6 Å². The van der Waals surface area contributed by atoms with Gasteiger partial charge in [-0.15, -0.1) is 11.3 Å². The molecular formula is C19H14N4OS. The average molecular weight is 346 g/mol. The largest absolute Gasteiger partial charge is 0.387 e. The summed E-state index contributed by atoms with van der Waals surface area (Å²) >= 11 is 1.51. The Morgan fingerprint density at radius 1 is 1.16 bits per heavy atom. The molecule has 5 nitrogen and oxygen atoms in total. The van der Waals surface area contributed by atoms with E-state index >= 15 is 0 Å². The Labute approximate surface area is 148 Å². The summed E-state index contributed by atoms with van der Waals surface area (Å²) in [5.41, 5.74) is 5.74. The minimum Gasteiger partial charge on any atom is -0.387 e. The van der Waals surface area contributed by atoms with Crippen LogP contribution in [0.5, 0.6) is 0 Å². The molecule has 2 aromatic heterocycles. The zero-order chi connectivity index (χ0) is 17.2. The quantitative estimate of drug-likeness (QED) is 0.610. The number of rotatable bonds is 4. The lowest BCUT2D eigenvalue weighted by Gasteiger charge is -2.14. The van der Waals surface area contributed by atoms with Gasteiger partial charge in [0.25, 0.3) is 0 Å². The number of aromatic nitrogens is 3. The van der Waals surface area contributed by atoms with Crippen molar-refractivity contribution in [1.29, 1.82) is 5.26 Å². The topological polar surface area (TPSA) is 74.7 Å². The number of nitriles is 1. The lowest BCUT2D eigenvalue weighted by Crippen LogP contribution is -2.10. The van der Waals surface area contributed by atoms with E-state index in [1.807, 2.05) is 34.2 Å². The zero-order valence-corrected chi connectivity index (χ0v) is 14.0. The third-order valence-corrected chi connectivity index (χ3v) is 4.68. The maximum Gasteiger partial charge on any atom is 0.160 e. The summed E-state index contributed by atoms with van der Waals surface area (Å²) in [7, 11) is 0. The van der Waals surface area contributed by atoms with Gasteiger partial charge in [0.05, 0.1) is 40.8 Å². The summed E-state index contributed by atoms with van der Waals surface area (Å²) in [4.78, 5) is 9.04. The molecule has 1 atom stereocenters. The zero-order valence-electron chi connectivity index (χ0n) is 13.2. The van der Waals surface area contributed by atoms with E-state index in [1.165, 1.54) is 11.3 Å². The SMILES string of the molecule is N#Cc1ccc(C(O)Cn2c(-c3cscn3)nc3ccccc32)cc1. The van der Waals surface area contributed by atoms with Crippen molar-refractivity contribution in [3.05, 3.63) is 70.5 Å². The number of aliphatic hydroxyl groups is 1. The van der Waals surface area contributed by atoms with Crippen LogP contribution in [0.25, 0.3) is 22.6 Å². The number of benzene rings is 2. The van der Waals surface area contributed by atoms with E-state index < -0.39 is 6.10 Å². The highest BCUT2D eigenvalue weighted by molar-refractivity contribution is 7.07.